The maximum Gasteiger partial charge on any atom is 0.394 e. The van der Waals surface area contributed by atoms with Crippen molar-refractivity contribution in [2.75, 3.05) is 6.61 Å². The number of aromatic nitrogens is 5. The average molecular weight is 533 g/mol. The second-order valence-electron chi connectivity index (χ2n) is 8.14. The number of hydrogen-bond acceptors (Lipinski definition) is 7. The predicted octanol–water partition coefficient (Wildman–Crippen LogP) is 3.19. The molecule has 0 aliphatic heterocycles. The molecule has 0 aromatic carbocycles. The summed E-state index contributed by atoms with van der Waals surface area (Å²) in [6.07, 6.45) is -1.63. The number of aryl methyl sites for hydroxylation is 1. The summed E-state index contributed by atoms with van der Waals surface area (Å²) >= 11 is 6.11. The summed E-state index contributed by atoms with van der Waals surface area (Å²) in [5.41, 5.74) is -1.51. The molecule has 35 heavy (non-hydrogen) atoms. The number of sulfonamides is 1. The molecular formula is C20H20ClF3N6O4S. The van der Waals surface area contributed by atoms with E-state index in [1.807, 2.05) is 4.72 Å². The van der Waals surface area contributed by atoms with Gasteiger partial charge in [-0.1, -0.05) is 11.6 Å². The molecule has 0 saturated heterocycles. The van der Waals surface area contributed by atoms with E-state index in [1.165, 1.54) is 40.7 Å². The summed E-state index contributed by atoms with van der Waals surface area (Å²) in [7, 11) is -2.63. The second-order valence-corrected chi connectivity index (χ2v) is 10.1. The SMILES string of the molecule is Cc1c(S(=O)(=O)NC(=O)c2ccc(-n3ccc(OCCC4(C(F)(F)F)CC4)n3)nc2Cl)cnn1C. The third-order valence-corrected chi connectivity index (χ3v) is 7.59. The summed E-state index contributed by atoms with van der Waals surface area (Å²) in [5.74, 6) is -0.706. The van der Waals surface area contributed by atoms with Crippen LogP contribution in [0.3, 0.4) is 0 Å². The van der Waals surface area contributed by atoms with Gasteiger partial charge in [0.2, 0.25) is 5.88 Å². The van der Waals surface area contributed by atoms with Crippen molar-refractivity contribution in [3.63, 3.8) is 0 Å². The van der Waals surface area contributed by atoms with E-state index in [9.17, 15) is 26.4 Å². The van der Waals surface area contributed by atoms with E-state index < -0.39 is 27.5 Å². The van der Waals surface area contributed by atoms with Gasteiger partial charge in [0.25, 0.3) is 15.9 Å². The Balaban J connectivity index is 1.42. The van der Waals surface area contributed by atoms with Crippen molar-refractivity contribution in [1.82, 2.24) is 29.3 Å². The number of hydrogen-bond donors (Lipinski definition) is 1. The molecule has 3 heterocycles. The average Bonchev–Trinajstić information content (AvgIpc) is 3.29. The molecule has 1 amide bonds. The van der Waals surface area contributed by atoms with E-state index in [1.54, 1.807) is 7.05 Å². The quantitative estimate of drug-likeness (QED) is 0.442. The zero-order valence-electron chi connectivity index (χ0n) is 18.5. The molecular weight excluding hydrogens is 513 g/mol. The maximum absolute atomic E-state index is 13.0. The summed E-state index contributed by atoms with van der Waals surface area (Å²) in [6.45, 7) is 1.40. The number of carbonyl (C=O) groups excluding carboxylic acids is 1. The molecule has 0 unspecified atom stereocenters. The van der Waals surface area contributed by atoms with Crippen LogP contribution in [0.2, 0.25) is 5.15 Å². The number of alkyl halides is 3. The second kappa shape index (κ2) is 8.82. The number of ether oxygens (including phenoxy) is 1. The largest absolute Gasteiger partial charge is 0.477 e. The Morgan fingerprint density at radius 3 is 2.57 bits per heavy atom. The van der Waals surface area contributed by atoms with Gasteiger partial charge in [-0.05, 0) is 38.3 Å². The molecule has 1 aliphatic rings. The Hall–Kier alpha value is -3.13. The van der Waals surface area contributed by atoms with Gasteiger partial charge in [0.1, 0.15) is 10.0 Å². The molecule has 1 fully saturated rings. The molecule has 4 rings (SSSR count). The zero-order chi connectivity index (χ0) is 25.6. The number of nitrogens with zero attached hydrogens (tertiary/aromatic N) is 5. The Kier molecular flexibility index (Phi) is 6.30. The van der Waals surface area contributed by atoms with Crippen LogP contribution in [0.1, 0.15) is 35.3 Å². The van der Waals surface area contributed by atoms with Crippen molar-refractivity contribution in [2.45, 2.75) is 37.3 Å². The van der Waals surface area contributed by atoms with Crippen LogP contribution in [-0.4, -0.2) is 51.7 Å². The van der Waals surface area contributed by atoms with E-state index in [-0.39, 0.29) is 53.2 Å². The summed E-state index contributed by atoms with van der Waals surface area (Å²) in [6, 6.07) is 4.10. The molecule has 10 nitrogen and oxygen atoms in total. The minimum atomic E-state index is -4.25. The minimum absolute atomic E-state index is 0.0970. The minimum Gasteiger partial charge on any atom is -0.477 e. The Morgan fingerprint density at radius 2 is 2.00 bits per heavy atom. The summed E-state index contributed by atoms with van der Waals surface area (Å²) in [4.78, 5) is 16.4. The van der Waals surface area contributed by atoms with Crippen LogP contribution >= 0.6 is 11.6 Å². The summed E-state index contributed by atoms with van der Waals surface area (Å²) < 4.78 is 74.0. The maximum atomic E-state index is 13.0. The van der Waals surface area contributed by atoms with Crippen molar-refractivity contribution < 1.29 is 31.1 Å². The van der Waals surface area contributed by atoms with Crippen LogP contribution in [0, 0.1) is 12.3 Å². The van der Waals surface area contributed by atoms with Gasteiger partial charge in [-0.3, -0.25) is 9.48 Å². The molecule has 188 valence electrons. The fraction of sp³-hybridized carbons (Fsp3) is 0.400. The first-order valence-corrected chi connectivity index (χ1v) is 12.2. The topological polar surface area (TPSA) is 121 Å². The predicted molar refractivity (Wildman–Crippen MR) is 117 cm³/mol. The van der Waals surface area contributed by atoms with E-state index in [2.05, 4.69) is 15.2 Å². The standard InChI is InChI=1S/C20H20ClF3N6O4S/c1-12-14(11-25-29(12)2)35(32,33)28-18(31)13-3-4-15(26-17(13)21)30-9-5-16(27-30)34-10-8-19(6-7-19)20(22,23)24/h3-5,9,11H,6-8,10H2,1-2H3,(H,28,31). The highest BCUT2D eigenvalue weighted by atomic mass is 35.5. The number of nitrogens with one attached hydrogen (secondary N) is 1. The number of halogens is 4. The molecule has 15 heteroatoms. The Bertz CT molecular complexity index is 1380. The molecule has 0 atom stereocenters. The molecule has 0 radical (unpaired) electrons. The number of pyridine rings is 1. The van der Waals surface area contributed by atoms with Gasteiger partial charge < -0.3 is 4.74 Å². The first-order chi connectivity index (χ1) is 16.3. The van der Waals surface area contributed by atoms with Gasteiger partial charge in [-0.25, -0.2) is 22.8 Å². The lowest BCUT2D eigenvalue weighted by Gasteiger charge is -2.18. The van der Waals surface area contributed by atoms with E-state index in [0.29, 0.717) is 5.69 Å². The molecule has 0 spiro atoms. The lowest BCUT2D eigenvalue weighted by Crippen LogP contribution is -2.31. The van der Waals surface area contributed by atoms with Crippen LogP contribution in [0.25, 0.3) is 5.82 Å². The molecule has 1 aliphatic carbocycles. The molecule has 1 saturated carbocycles. The molecule has 1 N–H and O–H groups in total. The van der Waals surface area contributed by atoms with Crippen molar-refractivity contribution in [1.29, 1.82) is 0 Å². The fourth-order valence-corrected chi connectivity index (χ4v) is 4.79. The van der Waals surface area contributed by atoms with Crippen LogP contribution in [-0.2, 0) is 17.1 Å². The van der Waals surface area contributed by atoms with Crippen molar-refractivity contribution in [3.05, 3.63) is 47.0 Å². The monoisotopic (exact) mass is 532 g/mol. The van der Waals surface area contributed by atoms with Crippen LogP contribution < -0.4 is 9.46 Å². The van der Waals surface area contributed by atoms with Gasteiger partial charge in [0, 0.05) is 19.3 Å². The molecule has 0 bridgehead atoms. The van der Waals surface area contributed by atoms with Crippen molar-refractivity contribution in [2.24, 2.45) is 12.5 Å². The highest BCUT2D eigenvalue weighted by molar-refractivity contribution is 7.90. The van der Waals surface area contributed by atoms with Gasteiger partial charge in [-0.15, -0.1) is 5.10 Å². The van der Waals surface area contributed by atoms with Crippen molar-refractivity contribution in [3.8, 4) is 11.7 Å². The number of amides is 1. The van der Waals surface area contributed by atoms with Gasteiger partial charge >= 0.3 is 6.18 Å². The number of rotatable bonds is 8. The Labute approximate surface area is 203 Å². The summed E-state index contributed by atoms with van der Waals surface area (Å²) in [5, 5.41) is 7.66. The van der Waals surface area contributed by atoms with Crippen molar-refractivity contribution >= 4 is 27.5 Å². The third-order valence-electron chi connectivity index (χ3n) is 5.87. The first-order valence-electron chi connectivity index (χ1n) is 10.3. The fourth-order valence-electron chi connectivity index (χ4n) is 3.38. The first kappa shape index (κ1) is 25.0. The molecule has 3 aromatic rings. The van der Waals surface area contributed by atoms with Crippen LogP contribution in [0.5, 0.6) is 5.88 Å². The van der Waals surface area contributed by atoms with Crippen LogP contribution in [0.4, 0.5) is 13.2 Å². The van der Waals surface area contributed by atoms with Crippen LogP contribution in [0.15, 0.2) is 35.5 Å². The van der Waals surface area contributed by atoms with Gasteiger partial charge in [-0.2, -0.15) is 18.3 Å². The van der Waals surface area contributed by atoms with Gasteiger partial charge in [0.05, 0.1) is 29.5 Å². The lowest BCUT2D eigenvalue weighted by molar-refractivity contribution is -0.190. The Morgan fingerprint density at radius 1 is 1.29 bits per heavy atom. The molecule has 3 aromatic heterocycles. The highest BCUT2D eigenvalue weighted by Crippen LogP contribution is 2.59. The van der Waals surface area contributed by atoms with E-state index in [4.69, 9.17) is 16.3 Å². The normalized spacial score (nSPS) is 15.1. The van der Waals surface area contributed by atoms with Gasteiger partial charge in [0.15, 0.2) is 5.82 Å². The number of carbonyl (C=O) groups is 1. The lowest BCUT2D eigenvalue weighted by atomic mass is 10.0. The third kappa shape index (κ3) is 4.98. The zero-order valence-corrected chi connectivity index (χ0v) is 20.1. The van der Waals surface area contributed by atoms with E-state index in [0.717, 1.165) is 6.20 Å². The smallest absolute Gasteiger partial charge is 0.394 e. The van der Waals surface area contributed by atoms with E-state index >= 15 is 0 Å². The highest BCUT2D eigenvalue weighted by Gasteiger charge is 2.62.